The van der Waals surface area contributed by atoms with Crippen LogP contribution in [-0.4, -0.2) is 38.3 Å². The van der Waals surface area contributed by atoms with Crippen molar-refractivity contribution < 1.29 is 50.8 Å². The monoisotopic (exact) mass is 412 g/mol. The van der Waals surface area contributed by atoms with E-state index in [1.807, 2.05) is 0 Å². The van der Waals surface area contributed by atoms with Gasteiger partial charge < -0.3 is 15.0 Å². The van der Waals surface area contributed by atoms with Crippen molar-refractivity contribution in [2.24, 2.45) is 0 Å². The van der Waals surface area contributed by atoms with Crippen LogP contribution in [0.25, 0.3) is 11.3 Å². The second-order valence-corrected chi connectivity index (χ2v) is 4.89. The van der Waals surface area contributed by atoms with Gasteiger partial charge in [0.25, 0.3) is 0 Å². The lowest BCUT2D eigenvalue weighted by atomic mass is 10.2. The van der Waals surface area contributed by atoms with Crippen LogP contribution < -0.4 is 9.79 Å². The van der Waals surface area contributed by atoms with Crippen LogP contribution in [0.5, 0.6) is 0 Å². The van der Waals surface area contributed by atoms with E-state index < -0.39 is 30.0 Å². The summed E-state index contributed by atoms with van der Waals surface area (Å²) < 4.78 is 70.6. The number of aliphatic carboxylic acids is 2. The zero-order valence-electron chi connectivity index (χ0n) is 13.5. The molecular formula is C14H10F6N4O4. The minimum Gasteiger partial charge on any atom is -0.542 e. The summed E-state index contributed by atoms with van der Waals surface area (Å²) in [6.45, 7) is 0.171. The van der Waals surface area contributed by atoms with Gasteiger partial charge in [-0.15, -0.1) is 0 Å². The molecule has 0 radical (unpaired) electrons. The van der Waals surface area contributed by atoms with Crippen molar-refractivity contribution in [2.75, 3.05) is 0 Å². The van der Waals surface area contributed by atoms with Gasteiger partial charge in [0.05, 0.1) is 18.1 Å². The molecule has 2 aromatic rings. The number of rotatable bonds is 4. The van der Waals surface area contributed by atoms with Crippen molar-refractivity contribution in [1.82, 2.24) is 15.1 Å². The zero-order valence-corrected chi connectivity index (χ0v) is 13.5. The van der Waals surface area contributed by atoms with E-state index in [-0.39, 0.29) is 18.7 Å². The van der Waals surface area contributed by atoms with Crippen LogP contribution in [0.2, 0.25) is 0 Å². The van der Waals surface area contributed by atoms with Gasteiger partial charge in [0.2, 0.25) is 0 Å². The van der Waals surface area contributed by atoms with E-state index in [1.165, 1.54) is 29.3 Å². The SMILES string of the molecule is O=C(O)CC[n+]1ccc(-c2cncc(C(F)(F)F)n2)cn1.O=C([O-])C(F)(F)F. The Hall–Kier alpha value is -3.32. The fourth-order valence-corrected chi connectivity index (χ4v) is 1.52. The molecule has 2 aromatic heterocycles. The number of halogens is 6. The summed E-state index contributed by atoms with van der Waals surface area (Å²) in [5.41, 5.74) is -0.675. The summed E-state index contributed by atoms with van der Waals surface area (Å²) in [6, 6.07) is 1.50. The van der Waals surface area contributed by atoms with E-state index >= 15 is 0 Å². The van der Waals surface area contributed by atoms with Crippen molar-refractivity contribution in [2.45, 2.75) is 25.3 Å². The number of carboxylic acids is 2. The van der Waals surface area contributed by atoms with Crippen LogP contribution in [-0.2, 0) is 22.3 Å². The Morgan fingerprint density at radius 3 is 2.14 bits per heavy atom. The molecule has 0 spiro atoms. The van der Waals surface area contributed by atoms with Crippen molar-refractivity contribution in [3.05, 3.63) is 36.5 Å². The molecule has 2 rings (SSSR count). The molecule has 0 amide bonds. The van der Waals surface area contributed by atoms with Gasteiger partial charge in [-0.3, -0.25) is 9.78 Å². The fraction of sp³-hybridized carbons (Fsp3) is 0.286. The third kappa shape index (κ3) is 7.51. The van der Waals surface area contributed by atoms with Gasteiger partial charge in [0.15, 0.2) is 18.4 Å². The van der Waals surface area contributed by atoms with Gasteiger partial charge in [-0.05, 0) is 5.10 Å². The first-order valence-corrected chi connectivity index (χ1v) is 7.06. The van der Waals surface area contributed by atoms with Gasteiger partial charge in [-0.25, -0.2) is 4.98 Å². The van der Waals surface area contributed by atoms with Crippen LogP contribution in [0.4, 0.5) is 26.3 Å². The van der Waals surface area contributed by atoms with Crippen LogP contribution in [0, 0.1) is 0 Å². The van der Waals surface area contributed by atoms with E-state index in [0.717, 1.165) is 0 Å². The van der Waals surface area contributed by atoms with E-state index in [0.29, 0.717) is 11.8 Å². The summed E-state index contributed by atoms with van der Waals surface area (Å²) in [5, 5.41) is 21.3. The van der Waals surface area contributed by atoms with Gasteiger partial charge >= 0.3 is 18.3 Å². The molecule has 152 valence electrons. The molecule has 0 unspecified atom stereocenters. The number of hydrogen-bond acceptors (Lipinski definition) is 6. The van der Waals surface area contributed by atoms with Crippen molar-refractivity contribution >= 4 is 11.9 Å². The van der Waals surface area contributed by atoms with Crippen molar-refractivity contribution in [3.8, 4) is 11.3 Å². The molecule has 2 heterocycles. The lowest BCUT2D eigenvalue weighted by Gasteiger charge is -2.06. The molecule has 0 saturated carbocycles. The topological polar surface area (TPSA) is 120 Å². The maximum absolute atomic E-state index is 12.5. The molecule has 0 atom stereocenters. The molecule has 0 aliphatic carbocycles. The van der Waals surface area contributed by atoms with E-state index in [4.69, 9.17) is 15.0 Å². The molecular weight excluding hydrogens is 402 g/mol. The molecule has 0 aliphatic heterocycles. The van der Waals surface area contributed by atoms with Crippen LogP contribution in [0.1, 0.15) is 12.1 Å². The number of carboxylic acid groups (broad SMARTS) is 2. The second-order valence-electron chi connectivity index (χ2n) is 4.89. The lowest BCUT2D eigenvalue weighted by Crippen LogP contribution is -2.38. The van der Waals surface area contributed by atoms with Gasteiger partial charge in [0, 0.05) is 11.6 Å². The summed E-state index contributed by atoms with van der Waals surface area (Å²) in [4.78, 5) is 26.2. The Morgan fingerprint density at radius 1 is 1.11 bits per heavy atom. The predicted octanol–water partition coefficient (Wildman–Crippen LogP) is 0.618. The summed E-state index contributed by atoms with van der Waals surface area (Å²) in [5.74, 6) is -3.97. The van der Waals surface area contributed by atoms with Crippen molar-refractivity contribution in [3.63, 3.8) is 0 Å². The average Bonchev–Trinajstić information content (AvgIpc) is 2.59. The maximum Gasteiger partial charge on any atom is 0.434 e. The molecule has 14 heteroatoms. The lowest BCUT2D eigenvalue weighted by molar-refractivity contribution is -0.752. The van der Waals surface area contributed by atoms with Gasteiger partial charge in [0.1, 0.15) is 18.6 Å². The Kier molecular flexibility index (Phi) is 7.35. The maximum atomic E-state index is 12.5. The predicted molar refractivity (Wildman–Crippen MR) is 73.8 cm³/mol. The number of carbonyl (C=O) groups is 2. The van der Waals surface area contributed by atoms with Gasteiger partial charge in [-0.1, -0.05) is 4.68 Å². The zero-order chi connectivity index (χ0) is 21.5. The van der Waals surface area contributed by atoms with Crippen molar-refractivity contribution in [1.29, 1.82) is 0 Å². The molecule has 0 fully saturated rings. The summed E-state index contributed by atoms with van der Waals surface area (Å²) in [7, 11) is 0. The smallest absolute Gasteiger partial charge is 0.434 e. The average molecular weight is 412 g/mol. The Morgan fingerprint density at radius 2 is 1.71 bits per heavy atom. The minimum atomic E-state index is -5.19. The quantitative estimate of drug-likeness (QED) is 0.577. The largest absolute Gasteiger partial charge is 0.542 e. The Labute approximate surface area is 152 Å². The third-order valence-corrected chi connectivity index (χ3v) is 2.78. The summed E-state index contributed by atoms with van der Waals surface area (Å²) >= 11 is 0. The number of hydrogen-bond donors (Lipinski definition) is 1. The number of aromatic nitrogens is 4. The first kappa shape index (κ1) is 22.7. The van der Waals surface area contributed by atoms with E-state index in [1.54, 1.807) is 0 Å². The molecule has 28 heavy (non-hydrogen) atoms. The highest BCUT2D eigenvalue weighted by molar-refractivity contribution is 5.70. The molecule has 0 aromatic carbocycles. The standard InChI is InChI=1S/C12H9F3N4O2.C2HF3O2/c13-12(14,15)10-7-16-6-9(18-10)8-1-3-19(17-5-8)4-2-11(20)21;3-2(4,5)1(6)7/h1,3,5-7H,2,4H2;(H,6,7). The molecule has 1 N–H and O–H groups in total. The summed E-state index contributed by atoms with van der Waals surface area (Å²) in [6.07, 6.45) is -5.22. The third-order valence-electron chi connectivity index (χ3n) is 2.78. The molecule has 0 aliphatic rings. The molecule has 8 nitrogen and oxygen atoms in total. The van der Waals surface area contributed by atoms with E-state index in [9.17, 15) is 31.1 Å². The number of carbonyl (C=O) groups excluding carboxylic acids is 1. The Balaban J connectivity index is 0.000000480. The van der Waals surface area contributed by atoms with Gasteiger partial charge in [-0.2, -0.15) is 26.3 Å². The molecule has 0 saturated heterocycles. The van der Waals surface area contributed by atoms with Crippen LogP contribution >= 0.6 is 0 Å². The second kappa shape index (κ2) is 9.05. The number of aryl methyl sites for hydroxylation is 1. The van der Waals surface area contributed by atoms with Crippen LogP contribution in [0.15, 0.2) is 30.9 Å². The fourth-order valence-electron chi connectivity index (χ4n) is 1.52. The Bertz CT molecular complexity index is 824. The number of alkyl halides is 6. The molecule has 0 bridgehead atoms. The minimum absolute atomic E-state index is 0.0442. The number of nitrogens with zero attached hydrogens (tertiary/aromatic N) is 4. The first-order chi connectivity index (χ1) is 12.8. The first-order valence-electron chi connectivity index (χ1n) is 7.06. The normalized spacial score (nSPS) is 11.4. The highest BCUT2D eigenvalue weighted by Crippen LogP contribution is 2.28. The highest BCUT2D eigenvalue weighted by atomic mass is 19.4. The van der Waals surface area contributed by atoms with Crippen LogP contribution in [0.3, 0.4) is 0 Å². The highest BCUT2D eigenvalue weighted by Gasteiger charge is 2.33. The van der Waals surface area contributed by atoms with E-state index in [2.05, 4.69) is 15.1 Å².